The predicted octanol–water partition coefficient (Wildman–Crippen LogP) is 2.41. The van der Waals surface area contributed by atoms with Crippen LogP contribution in [0.4, 0.5) is 5.69 Å². The molecule has 0 spiro atoms. The molecular formula is C17H28N4. The molecular weight excluding hydrogens is 260 g/mol. The summed E-state index contributed by atoms with van der Waals surface area (Å²) in [6, 6.07) is 5.15. The number of hydrogen-bond donors (Lipinski definition) is 1. The van der Waals surface area contributed by atoms with E-state index in [1.54, 1.807) is 0 Å². The lowest BCUT2D eigenvalue weighted by molar-refractivity contribution is 0.102. The Morgan fingerprint density at radius 1 is 1.33 bits per heavy atom. The number of anilines is 1. The van der Waals surface area contributed by atoms with Crippen LogP contribution in [0.2, 0.25) is 0 Å². The van der Waals surface area contributed by atoms with Gasteiger partial charge in [0.05, 0.1) is 17.6 Å². The molecule has 0 radical (unpaired) electrons. The second kappa shape index (κ2) is 6.32. The number of rotatable bonds is 3. The molecule has 4 nitrogen and oxygen atoms in total. The molecule has 2 unspecified atom stereocenters. The third-order valence-electron chi connectivity index (χ3n) is 5.30. The topological polar surface area (TPSA) is 45.4 Å². The number of nitrogens with two attached hydrogens (primary N) is 1. The van der Waals surface area contributed by atoms with Crippen molar-refractivity contribution in [2.75, 3.05) is 31.6 Å². The van der Waals surface area contributed by atoms with E-state index in [0.717, 1.165) is 30.6 Å². The summed E-state index contributed by atoms with van der Waals surface area (Å²) in [6.07, 6.45) is 6.94. The summed E-state index contributed by atoms with van der Waals surface area (Å²) in [5, 5.41) is 0. The fourth-order valence-corrected chi connectivity index (χ4v) is 3.90. The van der Waals surface area contributed by atoms with Crippen molar-refractivity contribution in [2.24, 2.45) is 11.7 Å². The minimum Gasteiger partial charge on any atom is -0.370 e. The van der Waals surface area contributed by atoms with Gasteiger partial charge in [0.25, 0.3) is 0 Å². The second-order valence-corrected chi connectivity index (χ2v) is 6.64. The van der Waals surface area contributed by atoms with E-state index < -0.39 is 0 Å². The summed E-state index contributed by atoms with van der Waals surface area (Å²) in [7, 11) is 2.29. The summed E-state index contributed by atoms with van der Waals surface area (Å²) in [5.41, 5.74) is 8.31. The Balaban J connectivity index is 1.68. The standard InChI is InChI=1S/C17H28N4/c1-3-15(18)16-7-6-14(11-19-16)21-10-8-17-13(12-21)5-4-9-20(17)2/h6-7,11,13,15,17H,3-5,8-10,12,18H2,1-2H3/t13?,15-,17?/m0/s1. The highest BCUT2D eigenvalue weighted by Crippen LogP contribution is 2.31. The summed E-state index contributed by atoms with van der Waals surface area (Å²) < 4.78 is 0. The Bertz CT molecular complexity index is 458. The molecule has 4 heteroatoms. The van der Waals surface area contributed by atoms with Crippen molar-refractivity contribution in [2.45, 2.75) is 44.7 Å². The van der Waals surface area contributed by atoms with Gasteiger partial charge in [0.15, 0.2) is 0 Å². The summed E-state index contributed by atoms with van der Waals surface area (Å²) in [4.78, 5) is 9.64. The average Bonchev–Trinajstić information content (AvgIpc) is 2.54. The number of piperidine rings is 2. The molecule has 1 aromatic heterocycles. The van der Waals surface area contributed by atoms with Crippen molar-refractivity contribution in [3.05, 3.63) is 24.0 Å². The zero-order chi connectivity index (χ0) is 14.8. The van der Waals surface area contributed by atoms with Crippen molar-refractivity contribution in [1.29, 1.82) is 0 Å². The fraction of sp³-hybridized carbons (Fsp3) is 0.706. The predicted molar refractivity (Wildman–Crippen MR) is 87.4 cm³/mol. The number of aromatic nitrogens is 1. The number of hydrogen-bond acceptors (Lipinski definition) is 4. The fourth-order valence-electron chi connectivity index (χ4n) is 3.90. The number of fused-ring (bicyclic) bond motifs is 1. The van der Waals surface area contributed by atoms with Crippen molar-refractivity contribution in [3.8, 4) is 0 Å². The van der Waals surface area contributed by atoms with E-state index in [9.17, 15) is 0 Å². The number of likely N-dealkylation sites (tertiary alicyclic amines) is 1. The van der Waals surface area contributed by atoms with Crippen LogP contribution in [0.1, 0.15) is 44.3 Å². The van der Waals surface area contributed by atoms with Crippen LogP contribution in [0.5, 0.6) is 0 Å². The smallest absolute Gasteiger partial charge is 0.0572 e. The van der Waals surface area contributed by atoms with Crippen LogP contribution < -0.4 is 10.6 Å². The molecule has 2 fully saturated rings. The van der Waals surface area contributed by atoms with Crippen molar-refractivity contribution < 1.29 is 0 Å². The van der Waals surface area contributed by atoms with E-state index >= 15 is 0 Å². The van der Waals surface area contributed by atoms with E-state index in [1.165, 1.54) is 38.0 Å². The normalized spacial score (nSPS) is 28.2. The zero-order valence-electron chi connectivity index (χ0n) is 13.3. The Morgan fingerprint density at radius 2 is 2.19 bits per heavy atom. The Hall–Kier alpha value is -1.13. The van der Waals surface area contributed by atoms with Gasteiger partial charge in [-0.15, -0.1) is 0 Å². The highest BCUT2D eigenvalue weighted by Gasteiger charge is 2.34. The molecule has 1 aromatic rings. The quantitative estimate of drug-likeness (QED) is 0.928. The maximum atomic E-state index is 6.04. The molecule has 0 saturated carbocycles. The van der Waals surface area contributed by atoms with Gasteiger partial charge in [-0.3, -0.25) is 4.98 Å². The molecule has 0 aromatic carbocycles. The van der Waals surface area contributed by atoms with Gasteiger partial charge in [-0.05, 0) is 57.3 Å². The van der Waals surface area contributed by atoms with Crippen LogP contribution in [0.25, 0.3) is 0 Å². The minimum absolute atomic E-state index is 0.0665. The first-order chi connectivity index (χ1) is 10.2. The van der Waals surface area contributed by atoms with Crippen LogP contribution in [0.15, 0.2) is 18.3 Å². The van der Waals surface area contributed by atoms with Crippen LogP contribution in [-0.2, 0) is 0 Å². The van der Waals surface area contributed by atoms with Crippen molar-refractivity contribution in [3.63, 3.8) is 0 Å². The zero-order valence-corrected chi connectivity index (χ0v) is 13.3. The lowest BCUT2D eigenvalue weighted by Gasteiger charge is -2.46. The molecule has 3 heterocycles. The monoisotopic (exact) mass is 288 g/mol. The van der Waals surface area contributed by atoms with E-state index in [-0.39, 0.29) is 6.04 Å². The van der Waals surface area contributed by atoms with Gasteiger partial charge in [-0.2, -0.15) is 0 Å². The van der Waals surface area contributed by atoms with Crippen LogP contribution in [-0.4, -0.2) is 42.6 Å². The van der Waals surface area contributed by atoms with Gasteiger partial charge in [-0.1, -0.05) is 6.92 Å². The van der Waals surface area contributed by atoms with Gasteiger partial charge in [0, 0.05) is 25.2 Å². The SMILES string of the molecule is CC[C@H](N)c1ccc(N2CCC3C(CCCN3C)C2)cn1. The molecule has 2 saturated heterocycles. The Labute approximate surface area is 128 Å². The highest BCUT2D eigenvalue weighted by atomic mass is 15.2. The molecule has 0 amide bonds. The van der Waals surface area contributed by atoms with Gasteiger partial charge < -0.3 is 15.5 Å². The molecule has 3 atom stereocenters. The molecule has 0 bridgehead atoms. The van der Waals surface area contributed by atoms with Crippen LogP contribution >= 0.6 is 0 Å². The second-order valence-electron chi connectivity index (χ2n) is 6.64. The van der Waals surface area contributed by atoms with Gasteiger partial charge in [-0.25, -0.2) is 0 Å². The van der Waals surface area contributed by atoms with Gasteiger partial charge in [0.1, 0.15) is 0 Å². The number of nitrogens with zero attached hydrogens (tertiary/aromatic N) is 3. The first-order valence-electron chi connectivity index (χ1n) is 8.35. The Morgan fingerprint density at radius 3 is 2.90 bits per heavy atom. The summed E-state index contributed by atoms with van der Waals surface area (Å²) in [6.45, 7) is 5.69. The lowest BCUT2D eigenvalue weighted by Crippen LogP contribution is -2.52. The average molecular weight is 288 g/mol. The largest absolute Gasteiger partial charge is 0.370 e. The third kappa shape index (κ3) is 3.06. The molecule has 0 aliphatic carbocycles. The van der Waals surface area contributed by atoms with Gasteiger partial charge in [0.2, 0.25) is 0 Å². The number of pyridine rings is 1. The van der Waals surface area contributed by atoms with E-state index in [1.807, 2.05) is 6.20 Å². The molecule has 2 aliphatic rings. The maximum Gasteiger partial charge on any atom is 0.0572 e. The van der Waals surface area contributed by atoms with E-state index in [2.05, 4.69) is 40.9 Å². The Kier molecular flexibility index (Phi) is 4.45. The molecule has 3 rings (SSSR count). The van der Waals surface area contributed by atoms with Crippen LogP contribution in [0.3, 0.4) is 0 Å². The first kappa shape index (κ1) is 14.8. The summed E-state index contributed by atoms with van der Waals surface area (Å²) >= 11 is 0. The van der Waals surface area contributed by atoms with Crippen molar-refractivity contribution in [1.82, 2.24) is 9.88 Å². The molecule has 2 aliphatic heterocycles. The van der Waals surface area contributed by atoms with E-state index in [0.29, 0.717) is 0 Å². The molecule has 21 heavy (non-hydrogen) atoms. The lowest BCUT2D eigenvalue weighted by atomic mass is 9.84. The molecule has 2 N–H and O–H groups in total. The molecule has 116 valence electrons. The highest BCUT2D eigenvalue weighted by molar-refractivity contribution is 5.45. The maximum absolute atomic E-state index is 6.04. The minimum atomic E-state index is 0.0665. The van der Waals surface area contributed by atoms with Crippen molar-refractivity contribution >= 4 is 5.69 Å². The van der Waals surface area contributed by atoms with Crippen LogP contribution in [0, 0.1) is 5.92 Å². The van der Waals surface area contributed by atoms with E-state index in [4.69, 9.17) is 5.73 Å². The summed E-state index contributed by atoms with van der Waals surface area (Å²) in [5.74, 6) is 0.815. The van der Waals surface area contributed by atoms with Gasteiger partial charge >= 0.3 is 0 Å². The first-order valence-corrected chi connectivity index (χ1v) is 8.35. The third-order valence-corrected chi connectivity index (χ3v) is 5.30.